The van der Waals surface area contributed by atoms with Crippen molar-refractivity contribution in [2.24, 2.45) is 0 Å². The van der Waals surface area contributed by atoms with Crippen molar-refractivity contribution in [1.29, 1.82) is 0 Å². The normalized spacial score (nSPS) is 15.8. The van der Waals surface area contributed by atoms with Gasteiger partial charge in [-0.05, 0) is 54.0 Å². The Kier molecular flexibility index (Phi) is 4.92. The second-order valence-corrected chi connectivity index (χ2v) is 9.32. The third-order valence-corrected chi connectivity index (χ3v) is 7.02. The summed E-state index contributed by atoms with van der Waals surface area (Å²) in [5.41, 5.74) is 5.04. The monoisotopic (exact) mass is 404 g/mol. The highest BCUT2D eigenvalue weighted by atomic mass is 32.2. The highest BCUT2D eigenvalue weighted by molar-refractivity contribution is 7.89. The molecule has 0 N–H and O–H groups in total. The molecule has 0 aliphatic carbocycles. The van der Waals surface area contributed by atoms with Crippen molar-refractivity contribution in [2.45, 2.75) is 17.9 Å². The highest BCUT2D eigenvalue weighted by Crippen LogP contribution is 2.39. The lowest BCUT2D eigenvalue weighted by Gasteiger charge is -2.34. The van der Waals surface area contributed by atoms with Crippen LogP contribution in [0.1, 0.15) is 28.3 Å². The molecule has 0 saturated heterocycles. The molecule has 1 heterocycles. The van der Waals surface area contributed by atoms with Gasteiger partial charge < -0.3 is 4.90 Å². The van der Waals surface area contributed by atoms with Crippen molar-refractivity contribution in [3.05, 3.63) is 101 Å². The first-order valence-corrected chi connectivity index (χ1v) is 11.0. The Morgan fingerprint density at radius 1 is 0.862 bits per heavy atom. The predicted molar refractivity (Wildman–Crippen MR) is 118 cm³/mol. The number of hydrogen-bond donors (Lipinski definition) is 0. The lowest BCUT2D eigenvalue weighted by molar-refractivity contribution is 0.447. The third kappa shape index (κ3) is 3.54. The maximum atomic E-state index is 13.5. The average Bonchev–Trinajstić information content (AvgIpc) is 2.73. The van der Waals surface area contributed by atoms with Crippen LogP contribution in [0.5, 0.6) is 0 Å². The Hall–Kier alpha value is -3.05. The molecule has 1 aliphatic heterocycles. The summed E-state index contributed by atoms with van der Waals surface area (Å²) in [5.74, 6) is 0. The van der Waals surface area contributed by atoms with Crippen molar-refractivity contribution in [3.8, 4) is 0 Å². The summed E-state index contributed by atoms with van der Waals surface area (Å²) in [6.07, 6.45) is 3.55. The van der Waals surface area contributed by atoms with Gasteiger partial charge in [0.2, 0.25) is 0 Å². The maximum Gasteiger partial charge on any atom is 0.264 e. The third-order valence-electron chi connectivity index (χ3n) is 5.27. The quantitative estimate of drug-likeness (QED) is 0.626. The van der Waals surface area contributed by atoms with Crippen LogP contribution in [0.25, 0.3) is 6.08 Å². The number of rotatable bonds is 4. The molecular formula is C24H24N2O2S. The molecule has 0 unspecified atom stereocenters. The first kappa shape index (κ1) is 19.3. The maximum absolute atomic E-state index is 13.5. The summed E-state index contributed by atoms with van der Waals surface area (Å²) in [5, 5.41) is 0. The number of fused-ring (bicyclic) bond motifs is 1. The van der Waals surface area contributed by atoms with Gasteiger partial charge in [0.25, 0.3) is 10.0 Å². The van der Waals surface area contributed by atoms with E-state index in [0.717, 1.165) is 27.9 Å². The molecule has 148 valence electrons. The molecule has 4 rings (SSSR count). The average molecular weight is 405 g/mol. The van der Waals surface area contributed by atoms with E-state index in [1.807, 2.05) is 92.7 Å². The van der Waals surface area contributed by atoms with Crippen LogP contribution in [0, 0.1) is 6.92 Å². The van der Waals surface area contributed by atoms with Gasteiger partial charge in [0.15, 0.2) is 0 Å². The molecule has 0 amide bonds. The summed E-state index contributed by atoms with van der Waals surface area (Å²) in [4.78, 5) is 2.32. The van der Waals surface area contributed by atoms with Crippen LogP contribution in [-0.2, 0) is 10.0 Å². The Labute approximate surface area is 172 Å². The van der Waals surface area contributed by atoms with Crippen molar-refractivity contribution in [2.75, 3.05) is 19.0 Å². The largest absolute Gasteiger partial charge is 0.378 e. The van der Waals surface area contributed by atoms with E-state index in [4.69, 9.17) is 0 Å². The van der Waals surface area contributed by atoms with Gasteiger partial charge in [0, 0.05) is 26.0 Å². The second-order valence-electron chi connectivity index (χ2n) is 7.48. The zero-order chi connectivity index (χ0) is 20.6. The fraction of sp³-hybridized carbons (Fsp3) is 0.167. The summed E-state index contributed by atoms with van der Waals surface area (Å²) < 4.78 is 28.5. The lowest BCUT2D eigenvalue weighted by atomic mass is 9.92. The molecule has 3 aromatic rings. The first-order chi connectivity index (χ1) is 13.9. The molecule has 0 spiro atoms. The van der Waals surface area contributed by atoms with Gasteiger partial charge in [0.05, 0.1) is 10.9 Å². The SMILES string of the molecule is Cc1ccc(S(=O)(=O)N2C=Cc3ccccc3[C@H]2c2ccc(N(C)C)cc2)cc1. The zero-order valence-corrected chi connectivity index (χ0v) is 17.6. The molecule has 5 heteroatoms. The molecule has 0 saturated carbocycles. The van der Waals surface area contributed by atoms with Crippen molar-refractivity contribution in [1.82, 2.24) is 4.31 Å². The Morgan fingerprint density at radius 2 is 1.52 bits per heavy atom. The van der Waals surface area contributed by atoms with E-state index in [1.54, 1.807) is 18.3 Å². The van der Waals surface area contributed by atoms with Crippen LogP contribution in [0.3, 0.4) is 0 Å². The molecule has 4 nitrogen and oxygen atoms in total. The summed E-state index contributed by atoms with van der Waals surface area (Å²) >= 11 is 0. The van der Waals surface area contributed by atoms with E-state index in [0.29, 0.717) is 4.90 Å². The first-order valence-electron chi connectivity index (χ1n) is 9.52. The van der Waals surface area contributed by atoms with Crippen molar-refractivity contribution >= 4 is 21.8 Å². The number of benzene rings is 3. The number of hydrogen-bond acceptors (Lipinski definition) is 3. The van der Waals surface area contributed by atoms with Crippen LogP contribution in [0.2, 0.25) is 0 Å². The minimum Gasteiger partial charge on any atom is -0.378 e. The lowest BCUT2D eigenvalue weighted by Crippen LogP contribution is -2.33. The Morgan fingerprint density at radius 3 is 2.17 bits per heavy atom. The van der Waals surface area contributed by atoms with Gasteiger partial charge >= 0.3 is 0 Å². The Bertz CT molecular complexity index is 1150. The van der Waals surface area contributed by atoms with Gasteiger partial charge in [0.1, 0.15) is 0 Å². The molecule has 0 aromatic heterocycles. The standard InChI is InChI=1S/C24H24N2O2S/c1-18-8-14-22(15-9-18)29(27,28)26-17-16-19-6-4-5-7-23(19)24(26)20-10-12-21(13-11-20)25(2)3/h4-17,24H,1-3H3/t24-/m1/s1. The summed E-state index contributed by atoms with van der Waals surface area (Å²) in [6.45, 7) is 1.95. The number of nitrogens with zero attached hydrogens (tertiary/aromatic N) is 2. The fourth-order valence-corrected chi connectivity index (χ4v) is 5.08. The van der Waals surface area contributed by atoms with Crippen LogP contribution >= 0.6 is 0 Å². The van der Waals surface area contributed by atoms with Gasteiger partial charge in [-0.3, -0.25) is 4.31 Å². The molecular weight excluding hydrogens is 380 g/mol. The van der Waals surface area contributed by atoms with Gasteiger partial charge in [-0.25, -0.2) is 8.42 Å². The topological polar surface area (TPSA) is 40.6 Å². The summed E-state index contributed by atoms with van der Waals surface area (Å²) in [6, 6.07) is 22.6. The molecule has 29 heavy (non-hydrogen) atoms. The molecule has 0 fully saturated rings. The highest BCUT2D eigenvalue weighted by Gasteiger charge is 2.34. The number of sulfonamides is 1. The molecule has 0 radical (unpaired) electrons. The van der Waals surface area contributed by atoms with Crippen LogP contribution in [0.15, 0.2) is 83.9 Å². The Balaban J connectivity index is 1.85. The van der Waals surface area contributed by atoms with Gasteiger partial charge in [-0.15, -0.1) is 0 Å². The van der Waals surface area contributed by atoms with E-state index in [1.165, 1.54) is 4.31 Å². The minimum atomic E-state index is -3.71. The fourth-order valence-electron chi connectivity index (χ4n) is 3.62. The molecule has 3 aromatic carbocycles. The van der Waals surface area contributed by atoms with E-state index in [-0.39, 0.29) is 0 Å². The van der Waals surface area contributed by atoms with Crippen LogP contribution in [0.4, 0.5) is 5.69 Å². The van der Waals surface area contributed by atoms with E-state index >= 15 is 0 Å². The predicted octanol–water partition coefficient (Wildman–Crippen LogP) is 4.83. The van der Waals surface area contributed by atoms with Crippen molar-refractivity contribution < 1.29 is 8.42 Å². The van der Waals surface area contributed by atoms with Crippen LogP contribution in [-0.4, -0.2) is 26.8 Å². The number of aryl methyl sites for hydroxylation is 1. The molecule has 0 bridgehead atoms. The van der Waals surface area contributed by atoms with Gasteiger partial charge in [-0.2, -0.15) is 0 Å². The number of anilines is 1. The van der Waals surface area contributed by atoms with Crippen molar-refractivity contribution in [3.63, 3.8) is 0 Å². The zero-order valence-electron chi connectivity index (χ0n) is 16.8. The summed E-state index contributed by atoms with van der Waals surface area (Å²) in [7, 11) is 0.267. The minimum absolute atomic E-state index is 0.294. The second kappa shape index (κ2) is 7.41. The molecule has 1 aliphatic rings. The van der Waals surface area contributed by atoms with Crippen LogP contribution < -0.4 is 4.90 Å². The smallest absolute Gasteiger partial charge is 0.264 e. The van der Waals surface area contributed by atoms with E-state index < -0.39 is 16.1 Å². The van der Waals surface area contributed by atoms with E-state index in [2.05, 4.69) is 0 Å². The van der Waals surface area contributed by atoms with E-state index in [9.17, 15) is 8.42 Å². The van der Waals surface area contributed by atoms with Gasteiger partial charge in [-0.1, -0.05) is 54.1 Å². The molecule has 1 atom stereocenters.